The largest absolute Gasteiger partial charge is 0.465 e. The highest BCUT2D eigenvalue weighted by Crippen LogP contribution is 2.07. The monoisotopic (exact) mass is 367 g/mol. The zero-order valence-corrected chi connectivity index (χ0v) is 15.0. The van der Waals surface area contributed by atoms with Crippen molar-refractivity contribution in [1.29, 1.82) is 0 Å². The summed E-state index contributed by atoms with van der Waals surface area (Å²) in [5.41, 5.74) is 2.11. The van der Waals surface area contributed by atoms with Crippen LogP contribution in [0.2, 0.25) is 0 Å². The second-order valence-electron chi connectivity index (χ2n) is 5.63. The number of ether oxygens (including phenoxy) is 2. The molecular weight excluding hydrogens is 346 g/mol. The maximum absolute atomic E-state index is 11.7. The molecule has 2 aromatic carbocycles. The topological polar surface area (TPSA) is 81.7 Å². The number of rotatable bonds is 8. The Hall–Kier alpha value is -3.41. The minimum Gasteiger partial charge on any atom is -0.465 e. The Morgan fingerprint density at radius 1 is 1.00 bits per heavy atom. The van der Waals surface area contributed by atoms with Gasteiger partial charge in [-0.25, -0.2) is 4.79 Å². The van der Waals surface area contributed by atoms with E-state index in [1.807, 2.05) is 30.3 Å². The van der Waals surface area contributed by atoms with Gasteiger partial charge in [-0.15, -0.1) is 0 Å². The van der Waals surface area contributed by atoms with Crippen LogP contribution in [-0.4, -0.2) is 31.5 Å². The van der Waals surface area contributed by atoms with E-state index in [2.05, 4.69) is 10.1 Å². The first-order chi connectivity index (χ1) is 13.1. The van der Waals surface area contributed by atoms with Crippen LogP contribution in [0.3, 0.4) is 0 Å². The minimum atomic E-state index is -0.421. The molecule has 0 aliphatic heterocycles. The molecule has 6 heteroatoms. The lowest BCUT2D eigenvalue weighted by Crippen LogP contribution is -2.24. The summed E-state index contributed by atoms with van der Waals surface area (Å²) in [5.74, 6) is -1.11. The highest BCUT2D eigenvalue weighted by molar-refractivity contribution is 5.92. The van der Waals surface area contributed by atoms with Crippen molar-refractivity contribution >= 4 is 23.9 Å². The Labute approximate surface area is 157 Å². The SMILES string of the molecule is COC(=O)c1ccc(COC(=O)CCNC(=O)/C=C/c2ccccc2)cc1. The second-order valence-corrected chi connectivity index (χ2v) is 5.63. The average molecular weight is 367 g/mol. The fourth-order valence-corrected chi connectivity index (χ4v) is 2.17. The average Bonchev–Trinajstić information content (AvgIpc) is 2.71. The van der Waals surface area contributed by atoms with Crippen LogP contribution >= 0.6 is 0 Å². The lowest BCUT2D eigenvalue weighted by atomic mass is 10.1. The summed E-state index contributed by atoms with van der Waals surface area (Å²) in [4.78, 5) is 34.8. The highest BCUT2D eigenvalue weighted by Gasteiger charge is 2.07. The van der Waals surface area contributed by atoms with Crippen molar-refractivity contribution < 1.29 is 23.9 Å². The molecule has 0 aliphatic rings. The predicted molar refractivity (Wildman–Crippen MR) is 101 cm³/mol. The van der Waals surface area contributed by atoms with E-state index in [1.165, 1.54) is 13.2 Å². The molecule has 0 atom stereocenters. The number of esters is 2. The standard InChI is InChI=1S/C21H21NO5/c1-26-21(25)18-10-7-17(8-11-18)15-27-20(24)13-14-22-19(23)12-9-16-5-3-2-4-6-16/h2-12H,13-15H2,1H3,(H,22,23)/b12-9+. The van der Waals surface area contributed by atoms with E-state index in [4.69, 9.17) is 4.74 Å². The van der Waals surface area contributed by atoms with Crippen LogP contribution in [0, 0.1) is 0 Å². The summed E-state index contributed by atoms with van der Waals surface area (Å²) in [6, 6.07) is 16.0. The van der Waals surface area contributed by atoms with Crippen molar-refractivity contribution in [1.82, 2.24) is 5.32 Å². The maximum atomic E-state index is 11.7. The van der Waals surface area contributed by atoms with E-state index in [9.17, 15) is 14.4 Å². The van der Waals surface area contributed by atoms with Gasteiger partial charge in [0.2, 0.25) is 5.91 Å². The number of carbonyl (C=O) groups excluding carboxylic acids is 3. The van der Waals surface area contributed by atoms with Gasteiger partial charge in [0.15, 0.2) is 0 Å². The molecule has 1 N–H and O–H groups in total. The van der Waals surface area contributed by atoms with Gasteiger partial charge < -0.3 is 14.8 Å². The molecule has 0 spiro atoms. The van der Waals surface area contributed by atoms with Gasteiger partial charge in [-0.05, 0) is 29.3 Å². The van der Waals surface area contributed by atoms with E-state index in [1.54, 1.807) is 30.3 Å². The summed E-state index contributed by atoms with van der Waals surface area (Å²) in [6.07, 6.45) is 3.19. The number of hydrogen-bond acceptors (Lipinski definition) is 5. The third kappa shape index (κ3) is 7.15. The lowest BCUT2D eigenvalue weighted by molar-refractivity contribution is -0.144. The number of benzene rings is 2. The molecule has 1 amide bonds. The Morgan fingerprint density at radius 3 is 2.37 bits per heavy atom. The normalized spacial score (nSPS) is 10.4. The lowest BCUT2D eigenvalue weighted by Gasteiger charge is -2.06. The quantitative estimate of drug-likeness (QED) is 0.573. The van der Waals surface area contributed by atoms with Crippen LogP contribution in [-0.2, 0) is 25.7 Å². The van der Waals surface area contributed by atoms with Crippen LogP contribution in [0.4, 0.5) is 0 Å². The number of hydrogen-bond donors (Lipinski definition) is 1. The number of nitrogens with one attached hydrogen (secondary N) is 1. The fraction of sp³-hybridized carbons (Fsp3) is 0.190. The van der Waals surface area contributed by atoms with E-state index in [-0.39, 0.29) is 25.5 Å². The van der Waals surface area contributed by atoms with Gasteiger partial charge >= 0.3 is 11.9 Å². The number of carbonyl (C=O) groups is 3. The predicted octanol–water partition coefficient (Wildman–Crippen LogP) is 2.74. The molecule has 0 fully saturated rings. The molecule has 0 aromatic heterocycles. The van der Waals surface area contributed by atoms with Crippen molar-refractivity contribution in [3.05, 3.63) is 77.4 Å². The van der Waals surface area contributed by atoms with Gasteiger partial charge in [-0.1, -0.05) is 42.5 Å². The summed E-state index contributed by atoms with van der Waals surface area (Å²) < 4.78 is 9.76. The van der Waals surface area contributed by atoms with E-state index < -0.39 is 11.9 Å². The number of methoxy groups -OCH3 is 1. The third-order valence-corrected chi connectivity index (χ3v) is 3.63. The van der Waals surface area contributed by atoms with Crippen molar-refractivity contribution in [2.75, 3.05) is 13.7 Å². The zero-order valence-electron chi connectivity index (χ0n) is 15.0. The molecule has 0 radical (unpaired) electrons. The van der Waals surface area contributed by atoms with Crippen LogP contribution in [0.1, 0.15) is 27.9 Å². The van der Waals surface area contributed by atoms with Crippen molar-refractivity contribution in [3.63, 3.8) is 0 Å². The summed E-state index contributed by atoms with van der Waals surface area (Å²) in [7, 11) is 1.31. The van der Waals surface area contributed by atoms with E-state index in [0.717, 1.165) is 11.1 Å². The molecule has 140 valence electrons. The summed E-state index contributed by atoms with van der Waals surface area (Å²) in [5, 5.41) is 2.63. The van der Waals surface area contributed by atoms with Crippen molar-refractivity contribution in [2.45, 2.75) is 13.0 Å². The highest BCUT2D eigenvalue weighted by atomic mass is 16.5. The Kier molecular flexibility index (Phi) is 7.78. The summed E-state index contributed by atoms with van der Waals surface area (Å²) in [6.45, 7) is 0.292. The van der Waals surface area contributed by atoms with Crippen molar-refractivity contribution in [2.24, 2.45) is 0 Å². The number of amides is 1. The van der Waals surface area contributed by atoms with E-state index in [0.29, 0.717) is 5.56 Å². The van der Waals surface area contributed by atoms with Crippen LogP contribution < -0.4 is 5.32 Å². The molecule has 0 heterocycles. The molecule has 0 bridgehead atoms. The molecule has 6 nitrogen and oxygen atoms in total. The van der Waals surface area contributed by atoms with E-state index >= 15 is 0 Å². The molecule has 0 saturated heterocycles. The molecule has 0 unspecified atom stereocenters. The maximum Gasteiger partial charge on any atom is 0.337 e. The van der Waals surface area contributed by atoms with Gasteiger partial charge in [0.05, 0.1) is 19.1 Å². The van der Waals surface area contributed by atoms with Gasteiger partial charge in [-0.3, -0.25) is 9.59 Å². The minimum absolute atomic E-state index is 0.0746. The molecule has 27 heavy (non-hydrogen) atoms. The van der Waals surface area contributed by atoms with Crippen LogP contribution in [0.5, 0.6) is 0 Å². The van der Waals surface area contributed by atoms with Gasteiger partial charge in [0.25, 0.3) is 0 Å². The Morgan fingerprint density at radius 2 is 1.70 bits per heavy atom. The third-order valence-electron chi connectivity index (χ3n) is 3.63. The van der Waals surface area contributed by atoms with Gasteiger partial charge in [0, 0.05) is 12.6 Å². The first-order valence-electron chi connectivity index (χ1n) is 8.42. The molecule has 2 rings (SSSR count). The van der Waals surface area contributed by atoms with Gasteiger partial charge in [-0.2, -0.15) is 0 Å². The Balaban J connectivity index is 1.66. The fourth-order valence-electron chi connectivity index (χ4n) is 2.17. The first kappa shape index (κ1) is 19.9. The van der Waals surface area contributed by atoms with Crippen LogP contribution in [0.25, 0.3) is 6.08 Å². The smallest absolute Gasteiger partial charge is 0.337 e. The molecule has 0 saturated carbocycles. The van der Waals surface area contributed by atoms with Crippen molar-refractivity contribution in [3.8, 4) is 0 Å². The second kappa shape index (κ2) is 10.6. The summed E-state index contributed by atoms with van der Waals surface area (Å²) >= 11 is 0. The van der Waals surface area contributed by atoms with Crippen LogP contribution in [0.15, 0.2) is 60.7 Å². The molecule has 2 aromatic rings. The Bertz CT molecular complexity index is 797. The molecular formula is C21H21NO5. The zero-order chi connectivity index (χ0) is 19.5. The van der Waals surface area contributed by atoms with Gasteiger partial charge in [0.1, 0.15) is 6.61 Å². The molecule has 0 aliphatic carbocycles. The first-order valence-corrected chi connectivity index (χ1v) is 8.42.